The Morgan fingerprint density at radius 2 is 1.94 bits per heavy atom. The highest BCUT2D eigenvalue weighted by atomic mass is 35.5. The molecule has 0 unspecified atom stereocenters. The molecule has 36 heavy (non-hydrogen) atoms. The average Bonchev–Trinajstić information content (AvgIpc) is 3.57. The summed E-state index contributed by atoms with van der Waals surface area (Å²) in [4.78, 5) is 22.3. The Morgan fingerprint density at radius 1 is 1.11 bits per heavy atom. The fraction of sp³-hybridized carbons (Fsp3) is 0.333. The Kier molecular flexibility index (Phi) is 6.92. The molecular weight excluding hydrogens is 480 g/mol. The molecule has 11 nitrogen and oxygen atoms in total. The van der Waals surface area contributed by atoms with E-state index in [4.69, 9.17) is 16.6 Å². The van der Waals surface area contributed by atoms with Crippen molar-refractivity contribution in [3.05, 3.63) is 76.5 Å². The Morgan fingerprint density at radius 3 is 2.69 bits per heavy atom. The molecular formula is C24H27ClN10O. The zero-order valence-corrected chi connectivity index (χ0v) is 20.9. The highest BCUT2D eigenvalue weighted by Gasteiger charge is 2.17. The maximum absolute atomic E-state index is 12.8. The Balaban J connectivity index is 1.22. The molecule has 186 valence electrons. The average molecular weight is 507 g/mol. The first-order valence-corrected chi connectivity index (χ1v) is 12.1. The van der Waals surface area contributed by atoms with Crippen LogP contribution in [0.15, 0.2) is 49.1 Å². The molecule has 1 N–H and O–H groups in total. The van der Waals surface area contributed by atoms with Crippen LogP contribution in [-0.4, -0.2) is 79.0 Å². The number of carbonyl (C=O) groups is 1. The molecule has 4 aromatic rings. The van der Waals surface area contributed by atoms with Gasteiger partial charge in [-0.25, -0.2) is 9.67 Å². The van der Waals surface area contributed by atoms with Gasteiger partial charge in [-0.05, 0) is 59.8 Å². The van der Waals surface area contributed by atoms with Crippen molar-refractivity contribution >= 4 is 23.3 Å². The van der Waals surface area contributed by atoms with Gasteiger partial charge in [-0.15, -0.1) is 5.10 Å². The highest BCUT2D eigenvalue weighted by molar-refractivity contribution is 6.30. The number of tetrazole rings is 1. The number of pyridine rings is 1. The first kappa shape index (κ1) is 23.9. The topological polar surface area (TPSA) is 110 Å². The van der Waals surface area contributed by atoms with Crippen LogP contribution in [0.5, 0.6) is 0 Å². The fourth-order valence-electron chi connectivity index (χ4n) is 4.17. The van der Waals surface area contributed by atoms with Crippen molar-refractivity contribution < 1.29 is 4.79 Å². The van der Waals surface area contributed by atoms with Crippen LogP contribution in [0, 0.1) is 6.92 Å². The van der Waals surface area contributed by atoms with Crippen molar-refractivity contribution in [3.8, 4) is 5.69 Å². The third kappa shape index (κ3) is 5.37. The van der Waals surface area contributed by atoms with Gasteiger partial charge in [-0.2, -0.15) is 5.10 Å². The predicted molar refractivity (Wildman–Crippen MR) is 135 cm³/mol. The van der Waals surface area contributed by atoms with Crippen molar-refractivity contribution in [2.24, 2.45) is 0 Å². The molecule has 1 saturated heterocycles. The first-order valence-electron chi connectivity index (χ1n) is 11.7. The van der Waals surface area contributed by atoms with Crippen LogP contribution in [0.2, 0.25) is 5.02 Å². The molecule has 12 heteroatoms. The predicted octanol–water partition coefficient (Wildman–Crippen LogP) is 1.95. The number of benzene rings is 1. The Hall–Kier alpha value is -3.83. The van der Waals surface area contributed by atoms with Gasteiger partial charge in [0.25, 0.3) is 5.91 Å². The van der Waals surface area contributed by atoms with Gasteiger partial charge in [0.05, 0.1) is 24.0 Å². The second kappa shape index (κ2) is 10.4. The van der Waals surface area contributed by atoms with E-state index in [1.807, 2.05) is 13.0 Å². The molecule has 5 rings (SSSR count). The van der Waals surface area contributed by atoms with Gasteiger partial charge < -0.3 is 15.1 Å². The zero-order valence-electron chi connectivity index (χ0n) is 20.2. The summed E-state index contributed by atoms with van der Waals surface area (Å²) in [6, 6.07) is 9.50. The molecule has 3 aromatic heterocycles. The summed E-state index contributed by atoms with van der Waals surface area (Å²) in [5.41, 5.74) is 4.03. The van der Waals surface area contributed by atoms with Crippen LogP contribution < -0.4 is 10.2 Å². The van der Waals surface area contributed by atoms with E-state index in [1.165, 1.54) is 11.0 Å². The molecule has 0 atom stereocenters. The second-order valence-corrected chi connectivity index (χ2v) is 9.28. The largest absolute Gasteiger partial charge is 0.354 e. The number of nitrogens with one attached hydrogen (secondary N) is 1. The molecule has 0 spiro atoms. The van der Waals surface area contributed by atoms with Crippen molar-refractivity contribution in [2.45, 2.75) is 20.0 Å². The highest BCUT2D eigenvalue weighted by Crippen LogP contribution is 2.20. The number of halogens is 1. The molecule has 0 bridgehead atoms. The summed E-state index contributed by atoms with van der Waals surface area (Å²) in [7, 11) is 2.14. The number of likely N-dealkylation sites (N-methyl/N-ethyl adjacent to an activating group) is 1. The fourth-order valence-corrected chi connectivity index (χ4v) is 4.36. The van der Waals surface area contributed by atoms with Crippen molar-refractivity contribution in [1.29, 1.82) is 0 Å². The summed E-state index contributed by atoms with van der Waals surface area (Å²) < 4.78 is 3.28. The Bertz CT molecular complexity index is 1340. The van der Waals surface area contributed by atoms with Gasteiger partial charge in [0.1, 0.15) is 12.1 Å². The molecule has 0 aliphatic carbocycles. The number of hydrogen-bond acceptors (Lipinski definition) is 8. The number of rotatable bonds is 7. The molecule has 0 radical (unpaired) electrons. The zero-order chi connectivity index (χ0) is 25.1. The molecule has 1 aliphatic heterocycles. The third-order valence-electron chi connectivity index (χ3n) is 6.31. The maximum atomic E-state index is 12.8. The molecule has 0 saturated carbocycles. The van der Waals surface area contributed by atoms with Gasteiger partial charge in [-0.3, -0.25) is 9.48 Å². The number of piperazine rings is 1. The van der Waals surface area contributed by atoms with E-state index in [9.17, 15) is 4.79 Å². The van der Waals surface area contributed by atoms with E-state index in [0.29, 0.717) is 17.1 Å². The van der Waals surface area contributed by atoms with E-state index in [1.54, 1.807) is 29.2 Å². The second-order valence-electron chi connectivity index (χ2n) is 8.84. The van der Waals surface area contributed by atoms with Gasteiger partial charge in [0, 0.05) is 49.6 Å². The number of aryl methyl sites for hydroxylation is 1. The van der Waals surface area contributed by atoms with Crippen molar-refractivity contribution in [1.82, 2.24) is 45.2 Å². The minimum atomic E-state index is -0.232. The minimum absolute atomic E-state index is 0.232. The standard InChI is InChI=1S/C24H27ClN10O/c1-17-18(3-6-23(29-17)33-9-7-32(2)8-10-33)14-34-15-20(13-28-34)24(36)26-12-19-11-21(25)4-5-22(19)35-16-27-30-31-35/h3-6,11,13,15-16H,7-10,12,14H2,1-2H3,(H,26,36). The van der Waals surface area contributed by atoms with Crippen LogP contribution >= 0.6 is 11.6 Å². The quantitative estimate of drug-likeness (QED) is 0.405. The number of hydrogen-bond donors (Lipinski definition) is 1. The summed E-state index contributed by atoms with van der Waals surface area (Å²) in [6.45, 7) is 6.84. The van der Waals surface area contributed by atoms with E-state index in [0.717, 1.165) is 54.5 Å². The Labute approximate surface area is 213 Å². The van der Waals surface area contributed by atoms with Gasteiger partial charge in [0.15, 0.2) is 0 Å². The lowest BCUT2D eigenvalue weighted by atomic mass is 10.1. The smallest absolute Gasteiger partial charge is 0.254 e. The number of anilines is 1. The van der Waals surface area contributed by atoms with E-state index in [-0.39, 0.29) is 12.5 Å². The van der Waals surface area contributed by atoms with Crippen LogP contribution in [0.3, 0.4) is 0 Å². The molecule has 1 fully saturated rings. The summed E-state index contributed by atoms with van der Waals surface area (Å²) in [6.07, 6.45) is 4.80. The van der Waals surface area contributed by atoms with E-state index < -0.39 is 0 Å². The summed E-state index contributed by atoms with van der Waals surface area (Å²) in [5, 5.41) is 19.1. The first-order chi connectivity index (χ1) is 17.5. The molecule has 1 amide bonds. The molecule has 1 aromatic carbocycles. The number of nitrogens with zero attached hydrogens (tertiary/aromatic N) is 9. The molecule has 1 aliphatic rings. The summed E-state index contributed by atoms with van der Waals surface area (Å²) >= 11 is 6.17. The number of carbonyl (C=O) groups excluding carboxylic acids is 1. The van der Waals surface area contributed by atoms with Crippen molar-refractivity contribution in [2.75, 3.05) is 38.1 Å². The lowest BCUT2D eigenvalue weighted by molar-refractivity contribution is 0.0951. The number of aromatic nitrogens is 7. The van der Waals surface area contributed by atoms with Gasteiger partial charge in [-0.1, -0.05) is 17.7 Å². The van der Waals surface area contributed by atoms with Crippen molar-refractivity contribution in [3.63, 3.8) is 0 Å². The lowest BCUT2D eigenvalue weighted by Gasteiger charge is -2.33. The van der Waals surface area contributed by atoms with E-state index >= 15 is 0 Å². The normalized spacial score (nSPS) is 14.2. The number of amides is 1. The van der Waals surface area contributed by atoms with Crippen LogP contribution in [0.25, 0.3) is 5.69 Å². The lowest BCUT2D eigenvalue weighted by Crippen LogP contribution is -2.44. The summed E-state index contributed by atoms with van der Waals surface area (Å²) in [5.74, 6) is 0.774. The SMILES string of the molecule is Cc1nc(N2CCN(C)CC2)ccc1Cn1cc(C(=O)NCc2cc(Cl)ccc2-n2cnnn2)cn1. The molecule has 4 heterocycles. The third-order valence-corrected chi connectivity index (χ3v) is 6.55. The monoisotopic (exact) mass is 506 g/mol. The van der Waals surface area contributed by atoms with Gasteiger partial charge >= 0.3 is 0 Å². The minimum Gasteiger partial charge on any atom is -0.354 e. The maximum Gasteiger partial charge on any atom is 0.254 e. The van der Waals surface area contributed by atoms with E-state index in [2.05, 4.69) is 54.9 Å². The van der Waals surface area contributed by atoms with Crippen LogP contribution in [-0.2, 0) is 13.1 Å². The van der Waals surface area contributed by atoms with Gasteiger partial charge in [0.2, 0.25) is 0 Å². The van der Waals surface area contributed by atoms with Crippen LogP contribution in [0.4, 0.5) is 5.82 Å². The van der Waals surface area contributed by atoms with Crippen LogP contribution in [0.1, 0.15) is 27.2 Å².